The highest BCUT2D eigenvalue weighted by molar-refractivity contribution is 5.92. The monoisotopic (exact) mass is 346 g/mol. The summed E-state index contributed by atoms with van der Waals surface area (Å²) < 4.78 is 4.63. The van der Waals surface area contributed by atoms with Crippen LogP contribution in [0.1, 0.15) is 51.5 Å². The summed E-state index contributed by atoms with van der Waals surface area (Å²) in [7, 11) is 1.34. The van der Waals surface area contributed by atoms with Crippen molar-refractivity contribution in [1.29, 1.82) is 0 Å². The molecule has 0 aliphatic carbocycles. The van der Waals surface area contributed by atoms with Gasteiger partial charge in [-0.25, -0.2) is 4.79 Å². The molecule has 1 amide bonds. The number of benzene rings is 1. The van der Waals surface area contributed by atoms with Gasteiger partial charge >= 0.3 is 5.97 Å². The molecule has 0 bridgehead atoms. The third-order valence-electron chi connectivity index (χ3n) is 3.07. The minimum Gasteiger partial charge on any atom is -0.465 e. The van der Waals surface area contributed by atoms with Crippen molar-refractivity contribution in [3.8, 4) is 0 Å². The summed E-state index contributed by atoms with van der Waals surface area (Å²) in [5, 5.41) is 2.80. The number of hydrogen-bond donors (Lipinski definition) is 1. The number of nitrogens with zero attached hydrogens (tertiary/aromatic N) is 1. The number of esters is 1. The molecule has 25 heavy (non-hydrogen) atoms. The van der Waals surface area contributed by atoms with E-state index in [4.69, 9.17) is 0 Å². The van der Waals surface area contributed by atoms with Crippen molar-refractivity contribution < 1.29 is 15.8 Å². The summed E-state index contributed by atoms with van der Waals surface area (Å²) in [6, 6.07) is 6.82. The predicted octanol–water partition coefficient (Wildman–Crippen LogP) is 4.26. The number of amides is 1. The average molecular weight is 346 g/mol. The number of carbonyl (C=O) groups excluding carboxylic acids is 2. The van der Waals surface area contributed by atoms with Crippen LogP contribution in [-0.4, -0.2) is 31.7 Å². The van der Waals surface area contributed by atoms with Gasteiger partial charge in [-0.15, -0.1) is 0 Å². The van der Waals surface area contributed by atoms with Gasteiger partial charge in [0, 0.05) is 32.4 Å². The third-order valence-corrected chi connectivity index (χ3v) is 3.07. The minimum absolute atomic E-state index is 0. The van der Waals surface area contributed by atoms with E-state index in [0.29, 0.717) is 18.5 Å². The van der Waals surface area contributed by atoms with E-state index in [9.17, 15) is 9.59 Å². The normalized spacial score (nSPS) is 11.2. The maximum atomic E-state index is 11.7. The van der Waals surface area contributed by atoms with E-state index in [0.717, 1.165) is 11.3 Å². The third kappa shape index (κ3) is 9.25. The number of rotatable bonds is 7. The van der Waals surface area contributed by atoms with Crippen molar-refractivity contribution in [3.05, 3.63) is 53.2 Å². The Hall–Kier alpha value is -2.69. The molecule has 1 aromatic rings. The molecule has 0 saturated carbocycles. The van der Waals surface area contributed by atoms with Gasteiger partial charge in [-0.2, -0.15) is 0 Å². The van der Waals surface area contributed by atoms with Crippen molar-refractivity contribution in [1.82, 2.24) is 5.32 Å². The highest BCUT2D eigenvalue weighted by Crippen LogP contribution is 2.07. The number of hydrogen-bond acceptors (Lipinski definition) is 4. The van der Waals surface area contributed by atoms with Gasteiger partial charge in [0.05, 0.1) is 12.7 Å². The molecule has 138 valence electrons. The smallest absolute Gasteiger partial charge is 0.337 e. The molecule has 5 nitrogen and oxygen atoms in total. The van der Waals surface area contributed by atoms with E-state index < -0.39 is 0 Å². The van der Waals surface area contributed by atoms with E-state index >= 15 is 0 Å². The zero-order valence-corrected chi connectivity index (χ0v) is 15.7. The molecule has 0 aromatic heterocycles. The topological polar surface area (TPSA) is 67.8 Å². The number of carbonyl (C=O) groups is 2. The van der Waals surface area contributed by atoms with Crippen LogP contribution >= 0.6 is 0 Å². The van der Waals surface area contributed by atoms with Crippen LogP contribution < -0.4 is 5.32 Å². The zero-order chi connectivity index (χ0) is 19.1. The van der Waals surface area contributed by atoms with Gasteiger partial charge < -0.3 is 10.1 Å². The van der Waals surface area contributed by atoms with E-state index in [1.807, 2.05) is 33.8 Å². The first kappa shape index (κ1) is 22.3. The maximum absolute atomic E-state index is 11.7. The van der Waals surface area contributed by atoms with Crippen LogP contribution in [0, 0.1) is 0 Å². The van der Waals surface area contributed by atoms with Crippen LogP contribution in [0.4, 0.5) is 0 Å². The van der Waals surface area contributed by atoms with Crippen molar-refractivity contribution in [2.45, 2.75) is 34.1 Å². The molecule has 0 unspecified atom stereocenters. The maximum Gasteiger partial charge on any atom is 0.337 e. The average Bonchev–Trinajstić information content (AvgIpc) is 2.67. The van der Waals surface area contributed by atoms with E-state index in [-0.39, 0.29) is 13.3 Å². The molecular formula is C20H30N2O3. The van der Waals surface area contributed by atoms with Gasteiger partial charge in [0.15, 0.2) is 0 Å². The Balaban J connectivity index is 0. The van der Waals surface area contributed by atoms with Crippen molar-refractivity contribution >= 4 is 24.2 Å². The minimum atomic E-state index is -0.382. The fourth-order valence-corrected chi connectivity index (χ4v) is 1.84. The molecule has 0 saturated heterocycles. The first-order chi connectivity index (χ1) is 12.1. The van der Waals surface area contributed by atoms with Gasteiger partial charge in [0.2, 0.25) is 5.91 Å². The molecule has 5 heteroatoms. The highest BCUT2D eigenvalue weighted by Gasteiger charge is 2.03. The molecule has 0 aliphatic heterocycles. The van der Waals surface area contributed by atoms with Gasteiger partial charge in [0.25, 0.3) is 0 Å². The second kappa shape index (κ2) is 13.7. The number of nitrogens with one attached hydrogen (secondary N) is 1. The van der Waals surface area contributed by atoms with Gasteiger partial charge in [0.1, 0.15) is 0 Å². The Kier molecular flexibility index (Phi) is 12.2. The molecule has 0 spiro atoms. The summed E-state index contributed by atoms with van der Waals surface area (Å²) in [6.45, 7) is 8.31. The van der Waals surface area contributed by atoms with Gasteiger partial charge in [-0.1, -0.05) is 32.1 Å². The van der Waals surface area contributed by atoms with Crippen LogP contribution in [0.15, 0.2) is 47.1 Å². The zero-order valence-electron chi connectivity index (χ0n) is 15.7. The summed E-state index contributed by atoms with van der Waals surface area (Å²) in [4.78, 5) is 27.2. The predicted molar refractivity (Wildman–Crippen MR) is 106 cm³/mol. The number of methoxy groups -OCH3 is 1. The van der Waals surface area contributed by atoms with Crippen LogP contribution in [0.5, 0.6) is 0 Å². The fraction of sp³-hybridized carbons (Fsp3) is 0.350. The van der Waals surface area contributed by atoms with Crippen LogP contribution in [0.2, 0.25) is 0 Å². The Morgan fingerprint density at radius 2 is 1.84 bits per heavy atom. The second-order valence-electron chi connectivity index (χ2n) is 4.66. The number of allylic oxidation sites excluding steroid dienone is 1. The van der Waals surface area contributed by atoms with E-state index in [1.165, 1.54) is 13.2 Å². The Labute approximate surface area is 152 Å². The second-order valence-corrected chi connectivity index (χ2v) is 4.66. The molecule has 0 radical (unpaired) electrons. The fourth-order valence-electron chi connectivity index (χ4n) is 1.84. The molecule has 0 fully saturated rings. The van der Waals surface area contributed by atoms with Crippen LogP contribution in [-0.2, 0) is 9.53 Å². The molecule has 1 rings (SSSR count). The Bertz CT molecular complexity index is 620. The van der Waals surface area contributed by atoms with E-state index in [2.05, 4.69) is 15.0 Å². The quantitative estimate of drug-likeness (QED) is 0.456. The Morgan fingerprint density at radius 1 is 1.20 bits per heavy atom. The summed E-state index contributed by atoms with van der Waals surface area (Å²) in [5.41, 5.74) is 2.25. The Morgan fingerprint density at radius 3 is 2.36 bits per heavy atom. The van der Waals surface area contributed by atoms with E-state index in [1.54, 1.807) is 36.6 Å². The number of aliphatic imine (C=N–C) groups is 1. The molecule has 1 aromatic carbocycles. The lowest BCUT2D eigenvalue weighted by Crippen LogP contribution is -2.22. The molecule has 1 N–H and O–H groups in total. The van der Waals surface area contributed by atoms with Crippen LogP contribution in [0.3, 0.4) is 0 Å². The molecule has 0 atom stereocenters. The SMILES string of the molecule is CC.CC=N/C(=C\C)CCNC(=O)/C=C/c1ccc(C(=O)OC)cc1.[HH]. The molecule has 0 aliphatic rings. The first-order valence-electron chi connectivity index (χ1n) is 8.38. The number of ether oxygens (including phenoxy) is 1. The summed E-state index contributed by atoms with van der Waals surface area (Å²) in [6.07, 6.45) is 7.50. The molecular weight excluding hydrogens is 316 g/mol. The van der Waals surface area contributed by atoms with Gasteiger partial charge in [-0.05, 0) is 37.6 Å². The molecule has 0 heterocycles. The standard InChI is InChI=1S/C18H22N2O3.C2H6.H2/c1-4-16(19-5-2)12-13-20-17(21)11-8-14-6-9-15(10-7-14)18(22)23-3;1-2;/h4-11H,12-13H2,1-3H3,(H,20,21);1-2H3;1H/b11-8+,16-4-,19-5?;;. The summed E-state index contributed by atoms with van der Waals surface area (Å²) in [5.74, 6) is -0.550. The lowest BCUT2D eigenvalue weighted by molar-refractivity contribution is -0.116. The van der Waals surface area contributed by atoms with Crippen LogP contribution in [0.25, 0.3) is 6.08 Å². The lowest BCUT2D eigenvalue weighted by Gasteiger charge is -2.03. The van der Waals surface area contributed by atoms with Crippen molar-refractivity contribution in [2.75, 3.05) is 13.7 Å². The largest absolute Gasteiger partial charge is 0.465 e. The van der Waals surface area contributed by atoms with Gasteiger partial charge in [-0.3, -0.25) is 9.79 Å². The summed E-state index contributed by atoms with van der Waals surface area (Å²) >= 11 is 0. The lowest BCUT2D eigenvalue weighted by atomic mass is 10.1. The van der Waals surface area contributed by atoms with Crippen molar-refractivity contribution in [2.24, 2.45) is 4.99 Å². The highest BCUT2D eigenvalue weighted by atomic mass is 16.5. The van der Waals surface area contributed by atoms with Crippen molar-refractivity contribution in [3.63, 3.8) is 0 Å². The first-order valence-corrected chi connectivity index (χ1v) is 8.38.